The smallest absolute Gasteiger partial charge is 0.307 e. The Labute approximate surface area is 88.4 Å². The molecular formula is C10H15N3O2. The van der Waals surface area contributed by atoms with Gasteiger partial charge in [-0.25, -0.2) is 0 Å². The molecule has 5 heteroatoms. The molecule has 0 atom stereocenters. The van der Waals surface area contributed by atoms with E-state index in [0.29, 0.717) is 24.3 Å². The molecule has 1 rings (SSSR count). The second-order valence-corrected chi connectivity index (χ2v) is 3.10. The number of ether oxygens (including phenoxy) is 1. The zero-order valence-electron chi connectivity index (χ0n) is 8.62. The van der Waals surface area contributed by atoms with Crippen molar-refractivity contribution in [2.24, 2.45) is 0 Å². The van der Waals surface area contributed by atoms with E-state index < -0.39 is 0 Å². The highest BCUT2D eigenvalue weighted by Gasteiger charge is 2.02. The van der Waals surface area contributed by atoms with Gasteiger partial charge in [-0.15, -0.1) is 0 Å². The Bertz CT molecular complexity index is 353. The summed E-state index contributed by atoms with van der Waals surface area (Å²) < 4.78 is 4.51. The van der Waals surface area contributed by atoms with E-state index in [1.54, 1.807) is 18.2 Å². The number of anilines is 3. The highest BCUT2D eigenvalue weighted by atomic mass is 16.5. The largest absolute Gasteiger partial charge is 0.469 e. The van der Waals surface area contributed by atoms with Gasteiger partial charge >= 0.3 is 5.97 Å². The number of carbonyl (C=O) groups is 1. The number of nitrogens with one attached hydrogen (secondary N) is 1. The number of benzene rings is 1. The molecule has 0 saturated heterocycles. The van der Waals surface area contributed by atoms with Crippen LogP contribution in [0.5, 0.6) is 0 Å². The fourth-order valence-electron chi connectivity index (χ4n) is 1.13. The molecule has 0 aliphatic heterocycles. The predicted molar refractivity (Wildman–Crippen MR) is 60.4 cm³/mol. The van der Waals surface area contributed by atoms with Crippen LogP contribution in [0.3, 0.4) is 0 Å². The normalized spacial score (nSPS) is 9.67. The Balaban J connectivity index is 2.50. The van der Waals surface area contributed by atoms with Gasteiger partial charge in [-0.1, -0.05) is 0 Å². The van der Waals surface area contributed by atoms with Crippen LogP contribution in [0, 0.1) is 0 Å². The Hall–Kier alpha value is -1.91. The van der Waals surface area contributed by atoms with Crippen molar-refractivity contribution in [2.45, 2.75) is 6.42 Å². The van der Waals surface area contributed by atoms with Gasteiger partial charge in [0.1, 0.15) is 0 Å². The maximum atomic E-state index is 10.8. The maximum Gasteiger partial charge on any atom is 0.307 e. The molecule has 5 N–H and O–H groups in total. The summed E-state index contributed by atoms with van der Waals surface area (Å²) in [6.45, 7) is 0.473. The zero-order chi connectivity index (χ0) is 11.3. The Morgan fingerprint density at radius 1 is 1.47 bits per heavy atom. The fourth-order valence-corrected chi connectivity index (χ4v) is 1.13. The monoisotopic (exact) mass is 209 g/mol. The number of hydrogen-bond acceptors (Lipinski definition) is 5. The molecule has 0 bridgehead atoms. The van der Waals surface area contributed by atoms with Crippen molar-refractivity contribution in [1.29, 1.82) is 0 Å². The summed E-state index contributed by atoms with van der Waals surface area (Å²) in [6, 6.07) is 5.17. The van der Waals surface area contributed by atoms with Crippen LogP contribution in [0.15, 0.2) is 18.2 Å². The van der Waals surface area contributed by atoms with E-state index >= 15 is 0 Å². The third-order valence-corrected chi connectivity index (χ3v) is 1.95. The Morgan fingerprint density at radius 2 is 2.20 bits per heavy atom. The van der Waals surface area contributed by atoms with E-state index in [-0.39, 0.29) is 5.97 Å². The van der Waals surface area contributed by atoms with E-state index in [9.17, 15) is 4.79 Å². The second kappa shape index (κ2) is 5.09. The fraction of sp³-hybridized carbons (Fsp3) is 0.300. The summed E-state index contributed by atoms with van der Waals surface area (Å²) in [6.07, 6.45) is 0.296. The number of hydrogen-bond donors (Lipinski definition) is 3. The summed E-state index contributed by atoms with van der Waals surface area (Å²) in [4.78, 5) is 10.8. The van der Waals surface area contributed by atoms with Crippen molar-refractivity contribution in [2.75, 3.05) is 30.4 Å². The molecule has 0 spiro atoms. The third kappa shape index (κ3) is 3.38. The minimum Gasteiger partial charge on any atom is -0.469 e. The van der Waals surface area contributed by atoms with E-state index in [1.807, 2.05) is 0 Å². The first-order chi connectivity index (χ1) is 7.13. The van der Waals surface area contributed by atoms with Crippen molar-refractivity contribution >= 4 is 23.0 Å². The third-order valence-electron chi connectivity index (χ3n) is 1.95. The molecule has 0 fully saturated rings. The van der Waals surface area contributed by atoms with Gasteiger partial charge in [0, 0.05) is 12.2 Å². The van der Waals surface area contributed by atoms with E-state index in [1.165, 1.54) is 7.11 Å². The zero-order valence-corrected chi connectivity index (χ0v) is 8.62. The van der Waals surface area contributed by atoms with Gasteiger partial charge in [-0.05, 0) is 18.2 Å². The maximum absolute atomic E-state index is 10.8. The molecule has 5 nitrogen and oxygen atoms in total. The predicted octanol–water partition coefficient (Wildman–Crippen LogP) is 0.826. The van der Waals surface area contributed by atoms with Crippen molar-refractivity contribution in [3.63, 3.8) is 0 Å². The standard InChI is InChI=1S/C10H15N3O2/c1-15-10(14)4-5-13-9-6-7(11)2-3-8(9)12/h2-3,6,13H,4-5,11-12H2,1H3. The van der Waals surface area contributed by atoms with Crippen LogP contribution in [0.1, 0.15) is 6.42 Å². The molecule has 82 valence electrons. The molecule has 0 radical (unpaired) electrons. The van der Waals surface area contributed by atoms with E-state index in [2.05, 4.69) is 10.1 Å². The van der Waals surface area contributed by atoms with Crippen molar-refractivity contribution in [3.8, 4) is 0 Å². The highest BCUT2D eigenvalue weighted by Crippen LogP contribution is 2.20. The first kappa shape index (κ1) is 11.2. The minimum absolute atomic E-state index is 0.259. The molecule has 0 aliphatic carbocycles. The van der Waals surface area contributed by atoms with Crippen molar-refractivity contribution in [3.05, 3.63) is 18.2 Å². The first-order valence-corrected chi connectivity index (χ1v) is 4.59. The van der Waals surface area contributed by atoms with Gasteiger partial charge < -0.3 is 21.5 Å². The van der Waals surface area contributed by atoms with Crippen LogP contribution in [0.2, 0.25) is 0 Å². The van der Waals surface area contributed by atoms with Gasteiger partial charge in [0.05, 0.1) is 24.9 Å². The summed E-state index contributed by atoms with van der Waals surface area (Å²) in [5.41, 5.74) is 13.3. The highest BCUT2D eigenvalue weighted by molar-refractivity contribution is 5.73. The summed E-state index contributed by atoms with van der Waals surface area (Å²) in [7, 11) is 1.36. The molecule has 15 heavy (non-hydrogen) atoms. The number of rotatable bonds is 4. The van der Waals surface area contributed by atoms with Crippen molar-refractivity contribution in [1.82, 2.24) is 0 Å². The molecule has 1 aromatic carbocycles. The van der Waals surface area contributed by atoms with Gasteiger partial charge in [-0.3, -0.25) is 4.79 Å². The second-order valence-electron chi connectivity index (χ2n) is 3.10. The molecule has 0 amide bonds. The Morgan fingerprint density at radius 3 is 2.87 bits per heavy atom. The number of methoxy groups -OCH3 is 1. The van der Waals surface area contributed by atoms with E-state index in [4.69, 9.17) is 11.5 Å². The lowest BCUT2D eigenvalue weighted by atomic mass is 10.2. The van der Waals surface area contributed by atoms with Gasteiger partial charge in [-0.2, -0.15) is 0 Å². The summed E-state index contributed by atoms with van der Waals surface area (Å²) >= 11 is 0. The quantitative estimate of drug-likeness (QED) is 0.504. The number of esters is 1. The van der Waals surface area contributed by atoms with Crippen LogP contribution in [0.25, 0.3) is 0 Å². The minimum atomic E-state index is -0.259. The van der Waals surface area contributed by atoms with Crippen LogP contribution < -0.4 is 16.8 Å². The Kier molecular flexibility index (Phi) is 3.79. The van der Waals surface area contributed by atoms with Gasteiger partial charge in [0.15, 0.2) is 0 Å². The topological polar surface area (TPSA) is 90.4 Å². The lowest BCUT2D eigenvalue weighted by Gasteiger charge is -2.09. The average Bonchev–Trinajstić information content (AvgIpc) is 2.23. The van der Waals surface area contributed by atoms with Gasteiger partial charge in [0.2, 0.25) is 0 Å². The number of carbonyl (C=O) groups excluding carboxylic acids is 1. The van der Waals surface area contributed by atoms with Crippen LogP contribution in [-0.4, -0.2) is 19.6 Å². The molecular weight excluding hydrogens is 194 g/mol. The molecule has 0 heterocycles. The SMILES string of the molecule is COC(=O)CCNc1cc(N)ccc1N. The summed E-state index contributed by atoms with van der Waals surface area (Å²) in [5.74, 6) is -0.259. The van der Waals surface area contributed by atoms with Gasteiger partial charge in [0.25, 0.3) is 0 Å². The number of nitrogens with two attached hydrogens (primary N) is 2. The lowest BCUT2D eigenvalue weighted by Crippen LogP contribution is -2.10. The summed E-state index contributed by atoms with van der Waals surface area (Å²) in [5, 5.41) is 3.01. The van der Waals surface area contributed by atoms with Crippen molar-refractivity contribution < 1.29 is 9.53 Å². The molecule has 0 aliphatic rings. The molecule has 0 unspecified atom stereocenters. The number of nitrogen functional groups attached to an aromatic ring is 2. The van der Waals surface area contributed by atoms with E-state index in [0.717, 1.165) is 5.69 Å². The molecule has 0 aromatic heterocycles. The van der Waals surface area contributed by atoms with Crippen LogP contribution in [0.4, 0.5) is 17.1 Å². The lowest BCUT2D eigenvalue weighted by molar-refractivity contribution is -0.140. The van der Waals surface area contributed by atoms with Crippen LogP contribution >= 0.6 is 0 Å². The first-order valence-electron chi connectivity index (χ1n) is 4.59. The molecule has 1 aromatic rings. The van der Waals surface area contributed by atoms with Crippen LogP contribution in [-0.2, 0) is 9.53 Å². The molecule has 0 saturated carbocycles. The average molecular weight is 209 g/mol.